The summed E-state index contributed by atoms with van der Waals surface area (Å²) in [6.45, 7) is 1.18. The van der Waals surface area contributed by atoms with E-state index in [4.69, 9.17) is 4.74 Å². The summed E-state index contributed by atoms with van der Waals surface area (Å²) in [5, 5.41) is 11.1. The van der Waals surface area contributed by atoms with Gasteiger partial charge in [-0.2, -0.15) is 0 Å². The van der Waals surface area contributed by atoms with E-state index in [1.165, 1.54) is 24.3 Å². The van der Waals surface area contributed by atoms with Crippen LogP contribution in [0.4, 0.5) is 4.39 Å². The number of carbonyl (C=O) groups excluding carboxylic acids is 1. The zero-order chi connectivity index (χ0) is 16.6. The second-order valence-electron chi connectivity index (χ2n) is 5.71. The number of rotatable bonds is 4. The topological polar surface area (TPSA) is 69.4 Å². The molecule has 3 rings (SSSR count). The van der Waals surface area contributed by atoms with E-state index in [0.717, 1.165) is 0 Å². The molecule has 2 atom stereocenters. The molecule has 0 aliphatic carbocycles. The first-order valence-corrected chi connectivity index (χ1v) is 7.12. The molecule has 0 saturated carbocycles. The zero-order valence-electron chi connectivity index (χ0n) is 12.4. The molecule has 0 fully saturated rings. The van der Waals surface area contributed by atoms with Crippen LogP contribution < -0.4 is 4.74 Å². The minimum atomic E-state index is -1.19. The zero-order valence-corrected chi connectivity index (χ0v) is 12.4. The molecule has 1 aliphatic heterocycles. The van der Waals surface area contributed by atoms with Crippen molar-refractivity contribution in [2.75, 3.05) is 6.54 Å². The van der Waals surface area contributed by atoms with Gasteiger partial charge in [0, 0.05) is 10.5 Å². The maximum atomic E-state index is 13.2. The standard InChI is InChI=1S/C17H14FNO4/c1-17(13-4-2-3-5-15(13)23-16(17)20)14(10-19(21)22)11-6-8-12(18)9-7-11/h2-9,14H,10H2,1H3/t14-,17+/m1/s1. The Balaban J connectivity index is 2.14. The molecule has 0 amide bonds. The number of nitro groups is 1. The Morgan fingerprint density at radius 1 is 1.22 bits per heavy atom. The summed E-state index contributed by atoms with van der Waals surface area (Å²) in [6.07, 6.45) is 0. The Kier molecular flexibility index (Phi) is 3.60. The monoisotopic (exact) mass is 315 g/mol. The van der Waals surface area contributed by atoms with Crippen molar-refractivity contribution < 1.29 is 18.8 Å². The van der Waals surface area contributed by atoms with Gasteiger partial charge in [-0.05, 0) is 30.7 Å². The van der Waals surface area contributed by atoms with Crippen molar-refractivity contribution in [2.45, 2.75) is 18.3 Å². The lowest BCUT2D eigenvalue weighted by atomic mass is 9.69. The molecule has 2 aromatic carbocycles. The van der Waals surface area contributed by atoms with Crippen molar-refractivity contribution in [2.24, 2.45) is 0 Å². The van der Waals surface area contributed by atoms with Gasteiger partial charge in [0.15, 0.2) is 0 Å². The molecular formula is C17H14FNO4. The molecule has 0 bridgehead atoms. The van der Waals surface area contributed by atoms with Gasteiger partial charge in [-0.25, -0.2) is 4.39 Å². The Hall–Kier alpha value is -2.76. The van der Waals surface area contributed by atoms with Crippen molar-refractivity contribution in [1.82, 2.24) is 0 Å². The number of ether oxygens (including phenoxy) is 1. The van der Waals surface area contributed by atoms with Crippen LogP contribution in [-0.2, 0) is 10.2 Å². The van der Waals surface area contributed by atoms with Gasteiger partial charge < -0.3 is 4.74 Å². The van der Waals surface area contributed by atoms with E-state index < -0.39 is 34.6 Å². The fraction of sp³-hybridized carbons (Fsp3) is 0.235. The highest BCUT2D eigenvalue weighted by molar-refractivity contribution is 5.91. The SMILES string of the molecule is C[C@]1([C@H](C[N+](=O)[O-])c2ccc(F)cc2)C(=O)Oc2ccccc21. The molecule has 0 N–H and O–H groups in total. The van der Waals surface area contributed by atoms with E-state index in [1.807, 2.05) is 0 Å². The van der Waals surface area contributed by atoms with Crippen molar-refractivity contribution >= 4 is 5.97 Å². The minimum absolute atomic E-state index is 0.412. The summed E-state index contributed by atoms with van der Waals surface area (Å²) in [6, 6.07) is 12.3. The van der Waals surface area contributed by atoms with Gasteiger partial charge in [0.1, 0.15) is 17.0 Å². The van der Waals surface area contributed by atoms with Crippen molar-refractivity contribution in [1.29, 1.82) is 0 Å². The van der Waals surface area contributed by atoms with Gasteiger partial charge in [0.2, 0.25) is 6.54 Å². The summed E-state index contributed by atoms with van der Waals surface area (Å²) < 4.78 is 18.5. The number of halogens is 1. The van der Waals surface area contributed by atoms with E-state index in [0.29, 0.717) is 16.9 Å². The van der Waals surface area contributed by atoms with Gasteiger partial charge in [-0.3, -0.25) is 14.9 Å². The molecule has 23 heavy (non-hydrogen) atoms. The van der Waals surface area contributed by atoms with Gasteiger partial charge in [-0.1, -0.05) is 30.3 Å². The Morgan fingerprint density at radius 2 is 1.87 bits per heavy atom. The molecule has 118 valence electrons. The van der Waals surface area contributed by atoms with Crippen molar-refractivity contribution in [3.63, 3.8) is 0 Å². The number of fused-ring (bicyclic) bond motifs is 1. The second kappa shape index (κ2) is 5.46. The van der Waals surface area contributed by atoms with E-state index in [2.05, 4.69) is 0 Å². The van der Waals surface area contributed by atoms with Crippen LogP contribution in [0.3, 0.4) is 0 Å². The maximum Gasteiger partial charge on any atom is 0.322 e. The van der Waals surface area contributed by atoms with E-state index in [-0.39, 0.29) is 0 Å². The summed E-state index contributed by atoms with van der Waals surface area (Å²) >= 11 is 0. The summed E-state index contributed by atoms with van der Waals surface area (Å²) in [5.74, 6) is -1.31. The predicted molar refractivity (Wildman–Crippen MR) is 80.4 cm³/mol. The number of hydrogen-bond acceptors (Lipinski definition) is 4. The fourth-order valence-electron chi connectivity index (χ4n) is 3.10. The van der Waals surface area contributed by atoms with Crippen LogP contribution >= 0.6 is 0 Å². The first-order valence-electron chi connectivity index (χ1n) is 7.12. The van der Waals surface area contributed by atoms with Crippen molar-refractivity contribution in [3.05, 3.63) is 75.6 Å². The summed E-state index contributed by atoms with van der Waals surface area (Å²) in [4.78, 5) is 23.2. The minimum Gasteiger partial charge on any atom is -0.426 e. The fourth-order valence-corrected chi connectivity index (χ4v) is 3.10. The molecular weight excluding hydrogens is 301 g/mol. The highest BCUT2D eigenvalue weighted by Crippen LogP contribution is 2.48. The molecule has 6 heteroatoms. The molecule has 0 radical (unpaired) electrons. The van der Waals surface area contributed by atoms with Crippen LogP contribution in [0.25, 0.3) is 0 Å². The number of carbonyl (C=O) groups is 1. The van der Waals surface area contributed by atoms with E-state index in [1.54, 1.807) is 31.2 Å². The lowest BCUT2D eigenvalue weighted by molar-refractivity contribution is -0.484. The summed E-state index contributed by atoms with van der Waals surface area (Å²) in [5.41, 5.74) is -0.0537. The van der Waals surface area contributed by atoms with Gasteiger partial charge in [-0.15, -0.1) is 0 Å². The second-order valence-corrected chi connectivity index (χ2v) is 5.71. The number of esters is 1. The third-order valence-corrected chi connectivity index (χ3v) is 4.37. The molecule has 0 spiro atoms. The highest BCUT2D eigenvalue weighted by atomic mass is 19.1. The Labute approximate surface area is 131 Å². The molecule has 1 heterocycles. The van der Waals surface area contributed by atoms with Crippen LogP contribution in [0.1, 0.15) is 24.0 Å². The van der Waals surface area contributed by atoms with Crippen LogP contribution in [0.5, 0.6) is 5.75 Å². The molecule has 0 unspecified atom stereocenters. The number of benzene rings is 2. The van der Waals surface area contributed by atoms with Crippen LogP contribution in [0.2, 0.25) is 0 Å². The summed E-state index contributed by atoms with van der Waals surface area (Å²) in [7, 11) is 0. The van der Waals surface area contributed by atoms with Crippen LogP contribution in [0, 0.1) is 15.9 Å². The molecule has 0 aromatic heterocycles. The number of hydrogen-bond donors (Lipinski definition) is 0. The third-order valence-electron chi connectivity index (χ3n) is 4.37. The number of nitrogens with zero attached hydrogens (tertiary/aromatic N) is 1. The third kappa shape index (κ3) is 2.46. The van der Waals surface area contributed by atoms with Crippen LogP contribution in [-0.4, -0.2) is 17.4 Å². The van der Waals surface area contributed by atoms with Gasteiger partial charge >= 0.3 is 5.97 Å². The first-order chi connectivity index (χ1) is 10.9. The lowest BCUT2D eigenvalue weighted by Crippen LogP contribution is -2.40. The predicted octanol–water partition coefficient (Wildman–Crippen LogP) is 3.06. The highest BCUT2D eigenvalue weighted by Gasteiger charge is 2.53. The smallest absolute Gasteiger partial charge is 0.322 e. The Bertz CT molecular complexity index is 774. The van der Waals surface area contributed by atoms with Crippen molar-refractivity contribution in [3.8, 4) is 5.75 Å². The average molecular weight is 315 g/mol. The first kappa shape index (κ1) is 15.1. The molecule has 1 aliphatic rings. The van der Waals surface area contributed by atoms with Gasteiger partial charge in [0.25, 0.3) is 0 Å². The van der Waals surface area contributed by atoms with Gasteiger partial charge in [0.05, 0.1) is 5.92 Å². The maximum absolute atomic E-state index is 13.2. The largest absolute Gasteiger partial charge is 0.426 e. The van der Waals surface area contributed by atoms with E-state index in [9.17, 15) is 19.3 Å². The number of para-hydroxylation sites is 1. The Morgan fingerprint density at radius 3 is 2.52 bits per heavy atom. The lowest BCUT2D eigenvalue weighted by Gasteiger charge is -2.28. The average Bonchev–Trinajstić information content (AvgIpc) is 2.78. The van der Waals surface area contributed by atoms with Crippen LogP contribution in [0.15, 0.2) is 48.5 Å². The van der Waals surface area contributed by atoms with E-state index >= 15 is 0 Å². The molecule has 5 nitrogen and oxygen atoms in total. The molecule has 2 aromatic rings. The normalized spacial score (nSPS) is 20.7. The quantitative estimate of drug-likeness (QED) is 0.376. The molecule has 0 saturated heterocycles.